The van der Waals surface area contributed by atoms with Crippen molar-refractivity contribution in [2.75, 3.05) is 28.2 Å². The number of benzene rings is 3. The number of imide groups is 1. The summed E-state index contributed by atoms with van der Waals surface area (Å²) in [6.45, 7) is 5.59. The number of hydrogen-bond acceptors (Lipinski definition) is 7. The molecule has 0 aliphatic carbocycles. The Morgan fingerprint density at radius 2 is 1.58 bits per heavy atom. The van der Waals surface area contributed by atoms with Gasteiger partial charge in [-0.05, 0) is 67.9 Å². The van der Waals surface area contributed by atoms with E-state index in [1.807, 2.05) is 30.3 Å². The van der Waals surface area contributed by atoms with E-state index in [1.165, 1.54) is 28.8 Å². The highest BCUT2D eigenvalue weighted by molar-refractivity contribution is 8.00. The maximum Gasteiger partial charge on any atom is 0.308 e. The van der Waals surface area contributed by atoms with E-state index < -0.39 is 34.7 Å². The molecule has 0 spiro atoms. The minimum absolute atomic E-state index is 0.235. The number of fused-ring (bicyclic) bond motifs is 2. The number of aromatic nitrogens is 1. The molecule has 1 saturated heterocycles. The van der Waals surface area contributed by atoms with Gasteiger partial charge in [0.2, 0.25) is 17.7 Å². The van der Waals surface area contributed by atoms with Gasteiger partial charge in [-0.25, -0.2) is 9.29 Å². The van der Waals surface area contributed by atoms with Gasteiger partial charge in [0.05, 0.1) is 16.6 Å². The normalized spacial score (nSPS) is 19.2. The van der Waals surface area contributed by atoms with E-state index in [1.54, 1.807) is 24.3 Å². The first-order chi connectivity index (χ1) is 20.8. The molecule has 6 rings (SSSR count). The van der Waals surface area contributed by atoms with Crippen molar-refractivity contribution < 1.29 is 18.8 Å². The van der Waals surface area contributed by atoms with Crippen molar-refractivity contribution in [3.05, 3.63) is 105 Å². The van der Waals surface area contributed by atoms with Crippen LogP contribution in [0.25, 0.3) is 0 Å². The van der Waals surface area contributed by atoms with Crippen LogP contribution in [0.1, 0.15) is 30.2 Å². The van der Waals surface area contributed by atoms with Crippen molar-refractivity contribution in [1.29, 1.82) is 0 Å². The minimum atomic E-state index is -0.824. The van der Waals surface area contributed by atoms with Crippen molar-refractivity contribution in [1.82, 2.24) is 4.57 Å². The Bertz CT molecular complexity index is 1730. The fourth-order valence-electron chi connectivity index (χ4n) is 5.81. The van der Waals surface area contributed by atoms with Gasteiger partial charge in [0.1, 0.15) is 17.6 Å². The number of thiazole rings is 1. The molecule has 8 nitrogen and oxygen atoms in total. The molecule has 3 amide bonds. The lowest BCUT2D eigenvalue weighted by molar-refractivity contribution is -0.122. The van der Waals surface area contributed by atoms with E-state index in [0.29, 0.717) is 21.3 Å². The molecule has 3 aromatic carbocycles. The van der Waals surface area contributed by atoms with E-state index in [0.717, 1.165) is 52.3 Å². The number of thioether (sulfide) groups is 1. The fourth-order valence-corrected chi connectivity index (χ4v) is 8.58. The van der Waals surface area contributed by atoms with Gasteiger partial charge in [0.15, 0.2) is 0 Å². The number of nitrogens with one attached hydrogen (secondary N) is 1. The molecule has 3 heterocycles. The van der Waals surface area contributed by atoms with Crippen LogP contribution in [0, 0.1) is 11.7 Å². The second-order valence-electron chi connectivity index (χ2n) is 10.3. The third-order valence-corrected chi connectivity index (χ3v) is 10.5. The van der Waals surface area contributed by atoms with E-state index in [9.17, 15) is 23.6 Å². The van der Waals surface area contributed by atoms with Gasteiger partial charge in [0, 0.05) is 35.3 Å². The second kappa shape index (κ2) is 11.8. The summed E-state index contributed by atoms with van der Waals surface area (Å²) in [7, 11) is 0. The Morgan fingerprint density at radius 3 is 2.23 bits per heavy atom. The number of anilines is 3. The molecule has 0 bridgehead atoms. The van der Waals surface area contributed by atoms with Crippen LogP contribution in [0.15, 0.2) is 88.7 Å². The van der Waals surface area contributed by atoms with Crippen molar-refractivity contribution in [2.24, 2.45) is 5.92 Å². The van der Waals surface area contributed by atoms with Crippen molar-refractivity contribution in [3.8, 4) is 0 Å². The molecule has 0 saturated carbocycles. The van der Waals surface area contributed by atoms with E-state index in [2.05, 4.69) is 24.1 Å². The predicted octanol–water partition coefficient (Wildman–Crippen LogP) is 5.33. The maximum absolute atomic E-state index is 14.0. The number of nitrogens with zero attached hydrogens (tertiary/aromatic N) is 3. The van der Waals surface area contributed by atoms with Crippen molar-refractivity contribution >= 4 is 57.9 Å². The summed E-state index contributed by atoms with van der Waals surface area (Å²) in [5.74, 6) is -3.03. The first kappa shape index (κ1) is 28.9. The standard InChI is InChI=1S/C32H29FN4O4S2/c1-3-35(4-2)22-14-10-19(11-15-22)25-26-27(30(40)37(29(26)39)23-16-12-20(33)13-17-23)42-31-28(25)43-32(41)36(31)18-24(38)34-21-8-6-5-7-9-21/h5-17,25-27H,3-4,18H2,1-2H3,(H,34,38)/t25-,26-,27+/m0/s1. The molecule has 1 aromatic heterocycles. The highest BCUT2D eigenvalue weighted by Crippen LogP contribution is 2.54. The van der Waals surface area contributed by atoms with Gasteiger partial charge in [-0.15, -0.1) is 0 Å². The van der Waals surface area contributed by atoms with Crippen LogP contribution < -0.4 is 20.0 Å². The SMILES string of the molecule is CCN(CC)c1ccc([C@@H]2c3sc(=O)n(CC(=O)Nc4ccccc4)c3S[C@H]3C(=O)N(c4ccc(F)cc4)C(=O)[C@@H]23)cc1. The lowest BCUT2D eigenvalue weighted by atomic mass is 9.83. The second-order valence-corrected chi connectivity index (χ2v) is 12.5. The Balaban J connectivity index is 1.42. The van der Waals surface area contributed by atoms with Gasteiger partial charge >= 0.3 is 4.87 Å². The molecule has 220 valence electrons. The predicted molar refractivity (Wildman–Crippen MR) is 168 cm³/mol. The summed E-state index contributed by atoms with van der Waals surface area (Å²) in [6.07, 6.45) is 0. The van der Waals surface area contributed by atoms with Gasteiger partial charge in [0.25, 0.3) is 0 Å². The number of para-hydroxylation sites is 1. The number of rotatable bonds is 8. The molecule has 11 heteroatoms. The summed E-state index contributed by atoms with van der Waals surface area (Å²) < 4.78 is 15.1. The summed E-state index contributed by atoms with van der Waals surface area (Å²) in [5.41, 5.74) is 2.73. The molecular formula is C32H29FN4O4S2. The van der Waals surface area contributed by atoms with Crippen LogP contribution in [0.2, 0.25) is 0 Å². The molecule has 2 aliphatic rings. The zero-order valence-corrected chi connectivity index (χ0v) is 25.2. The third kappa shape index (κ3) is 5.27. The topological polar surface area (TPSA) is 91.7 Å². The largest absolute Gasteiger partial charge is 0.372 e. The molecule has 3 atom stereocenters. The van der Waals surface area contributed by atoms with E-state index in [-0.39, 0.29) is 17.3 Å². The minimum Gasteiger partial charge on any atom is -0.372 e. The summed E-state index contributed by atoms with van der Waals surface area (Å²) >= 11 is 2.15. The highest BCUT2D eigenvalue weighted by atomic mass is 32.2. The molecule has 0 unspecified atom stereocenters. The van der Waals surface area contributed by atoms with Crippen LogP contribution in [0.5, 0.6) is 0 Å². The smallest absolute Gasteiger partial charge is 0.308 e. The van der Waals surface area contributed by atoms with Crippen LogP contribution >= 0.6 is 23.1 Å². The van der Waals surface area contributed by atoms with Gasteiger partial charge in [-0.2, -0.15) is 0 Å². The number of carbonyl (C=O) groups is 3. The first-order valence-electron chi connectivity index (χ1n) is 14.0. The lowest BCUT2D eigenvalue weighted by Gasteiger charge is -2.31. The molecule has 0 radical (unpaired) electrons. The Morgan fingerprint density at radius 1 is 0.907 bits per heavy atom. The number of amides is 3. The van der Waals surface area contributed by atoms with Crippen LogP contribution in [0.3, 0.4) is 0 Å². The Hall–Kier alpha value is -4.22. The van der Waals surface area contributed by atoms with Gasteiger partial charge in [-0.3, -0.25) is 23.7 Å². The summed E-state index contributed by atoms with van der Waals surface area (Å²) in [6, 6.07) is 22.1. The zero-order chi connectivity index (χ0) is 30.2. The molecule has 2 aliphatic heterocycles. The monoisotopic (exact) mass is 616 g/mol. The average Bonchev–Trinajstić information content (AvgIpc) is 3.45. The van der Waals surface area contributed by atoms with Crippen LogP contribution in [0.4, 0.5) is 21.5 Å². The van der Waals surface area contributed by atoms with Crippen LogP contribution in [-0.2, 0) is 20.9 Å². The highest BCUT2D eigenvalue weighted by Gasteiger charge is 2.56. The van der Waals surface area contributed by atoms with E-state index >= 15 is 0 Å². The summed E-state index contributed by atoms with van der Waals surface area (Å²) in [5, 5.41) is 2.50. The van der Waals surface area contributed by atoms with Crippen molar-refractivity contribution in [2.45, 2.75) is 36.6 Å². The molecule has 43 heavy (non-hydrogen) atoms. The Kier molecular flexibility index (Phi) is 7.93. The number of hydrogen-bond donors (Lipinski definition) is 1. The molecule has 1 N–H and O–H groups in total. The third-order valence-electron chi connectivity index (χ3n) is 7.87. The van der Waals surface area contributed by atoms with Gasteiger partial charge < -0.3 is 10.2 Å². The quantitative estimate of drug-likeness (QED) is 0.269. The average molecular weight is 617 g/mol. The molecular weight excluding hydrogens is 588 g/mol. The first-order valence-corrected chi connectivity index (χ1v) is 15.7. The number of halogens is 1. The number of carbonyl (C=O) groups excluding carboxylic acids is 3. The molecule has 4 aromatic rings. The van der Waals surface area contributed by atoms with Crippen molar-refractivity contribution in [3.63, 3.8) is 0 Å². The zero-order valence-electron chi connectivity index (χ0n) is 23.5. The summed E-state index contributed by atoms with van der Waals surface area (Å²) in [4.78, 5) is 57.9. The fraction of sp³-hybridized carbons (Fsp3) is 0.250. The molecule has 1 fully saturated rings. The lowest BCUT2D eigenvalue weighted by Crippen LogP contribution is -2.33. The van der Waals surface area contributed by atoms with Crippen LogP contribution in [-0.4, -0.2) is 40.6 Å². The maximum atomic E-state index is 14.0. The van der Waals surface area contributed by atoms with Gasteiger partial charge in [-0.1, -0.05) is 53.4 Å². The Labute approximate surface area is 256 Å². The van der Waals surface area contributed by atoms with E-state index in [4.69, 9.17) is 0 Å².